The minimum absolute atomic E-state index is 0.0563. The first kappa shape index (κ1) is 18.7. The molecule has 29 heavy (non-hydrogen) atoms. The number of aromatic nitrogens is 1. The molecular weight excluding hydrogens is 371 g/mol. The molecule has 0 saturated heterocycles. The Bertz CT molecular complexity index is 1110. The molecule has 0 radical (unpaired) electrons. The monoisotopic (exact) mass is 390 g/mol. The maximum atomic E-state index is 13.8. The van der Waals surface area contributed by atoms with Crippen molar-refractivity contribution in [1.82, 2.24) is 4.98 Å². The van der Waals surface area contributed by atoms with Crippen LogP contribution in [0.1, 0.15) is 13.3 Å². The lowest BCUT2D eigenvalue weighted by molar-refractivity contribution is -0.122. The number of hydrogen-bond donors (Lipinski definition) is 1. The number of oxazole rings is 1. The zero-order valence-electron chi connectivity index (χ0n) is 15.8. The van der Waals surface area contributed by atoms with Crippen LogP contribution < -0.4 is 10.1 Å². The van der Waals surface area contributed by atoms with Crippen molar-refractivity contribution >= 4 is 22.7 Å². The summed E-state index contributed by atoms with van der Waals surface area (Å²) in [5.74, 6) is -0.272. The lowest BCUT2D eigenvalue weighted by atomic mass is 10.2. The van der Waals surface area contributed by atoms with Gasteiger partial charge in [0.15, 0.2) is 23.3 Å². The van der Waals surface area contributed by atoms with E-state index in [1.807, 2.05) is 36.4 Å². The van der Waals surface area contributed by atoms with Gasteiger partial charge >= 0.3 is 0 Å². The maximum absolute atomic E-state index is 13.8. The Balaban J connectivity index is 1.46. The fraction of sp³-hybridized carbons (Fsp3) is 0.130. The van der Waals surface area contributed by atoms with Crippen LogP contribution in [0.3, 0.4) is 0 Å². The Kier molecular flexibility index (Phi) is 5.24. The predicted molar refractivity (Wildman–Crippen MR) is 109 cm³/mol. The number of amides is 1. The Morgan fingerprint density at radius 2 is 1.79 bits per heavy atom. The average molecular weight is 390 g/mol. The molecule has 0 fully saturated rings. The molecule has 4 rings (SSSR count). The Morgan fingerprint density at radius 3 is 2.52 bits per heavy atom. The van der Waals surface area contributed by atoms with E-state index in [0.717, 1.165) is 16.7 Å². The van der Waals surface area contributed by atoms with Gasteiger partial charge < -0.3 is 14.5 Å². The van der Waals surface area contributed by atoms with Crippen LogP contribution in [0, 0.1) is 5.82 Å². The molecule has 0 saturated carbocycles. The number of nitrogens with zero attached hydrogens (tertiary/aromatic N) is 1. The molecule has 146 valence electrons. The molecule has 1 heterocycles. The highest BCUT2D eigenvalue weighted by atomic mass is 19.1. The Morgan fingerprint density at radius 1 is 1.07 bits per heavy atom. The molecule has 1 amide bonds. The molecule has 0 aliphatic rings. The van der Waals surface area contributed by atoms with E-state index in [9.17, 15) is 9.18 Å². The van der Waals surface area contributed by atoms with E-state index in [1.165, 1.54) is 12.1 Å². The number of carbonyl (C=O) groups excluding carboxylic acids is 1. The van der Waals surface area contributed by atoms with Crippen LogP contribution in [0.25, 0.3) is 22.6 Å². The first-order valence-corrected chi connectivity index (χ1v) is 9.32. The largest absolute Gasteiger partial charge is 0.478 e. The van der Waals surface area contributed by atoms with Crippen LogP contribution in [0.15, 0.2) is 77.2 Å². The molecule has 6 heteroatoms. The van der Waals surface area contributed by atoms with Gasteiger partial charge in [-0.1, -0.05) is 31.2 Å². The van der Waals surface area contributed by atoms with Crippen LogP contribution >= 0.6 is 0 Å². The van der Waals surface area contributed by atoms with Gasteiger partial charge in [0.05, 0.1) is 0 Å². The second kappa shape index (κ2) is 8.14. The summed E-state index contributed by atoms with van der Waals surface area (Å²) in [6.45, 7) is 1.81. The quantitative estimate of drug-likeness (QED) is 0.477. The third-order valence-electron chi connectivity index (χ3n) is 4.46. The summed E-state index contributed by atoms with van der Waals surface area (Å²) >= 11 is 0. The highest BCUT2D eigenvalue weighted by Crippen LogP contribution is 2.25. The summed E-state index contributed by atoms with van der Waals surface area (Å²) in [5, 5.41) is 2.80. The molecule has 0 bridgehead atoms. The zero-order chi connectivity index (χ0) is 20.2. The van der Waals surface area contributed by atoms with E-state index >= 15 is 0 Å². The summed E-state index contributed by atoms with van der Waals surface area (Å²) in [5.41, 5.74) is 2.91. The summed E-state index contributed by atoms with van der Waals surface area (Å²) in [7, 11) is 0. The number of nitrogens with one attached hydrogen (secondary N) is 1. The van der Waals surface area contributed by atoms with E-state index in [4.69, 9.17) is 9.15 Å². The van der Waals surface area contributed by atoms with Crippen molar-refractivity contribution in [2.75, 3.05) is 5.32 Å². The average Bonchev–Trinajstić information content (AvgIpc) is 3.18. The van der Waals surface area contributed by atoms with Gasteiger partial charge in [-0.3, -0.25) is 4.79 Å². The van der Waals surface area contributed by atoms with Crippen molar-refractivity contribution in [3.8, 4) is 17.2 Å². The van der Waals surface area contributed by atoms with Crippen LogP contribution in [-0.4, -0.2) is 17.0 Å². The summed E-state index contributed by atoms with van der Waals surface area (Å²) in [6.07, 6.45) is -0.398. The Hall–Kier alpha value is -3.67. The van der Waals surface area contributed by atoms with Gasteiger partial charge in [-0.05, 0) is 55.0 Å². The van der Waals surface area contributed by atoms with Gasteiger partial charge in [-0.15, -0.1) is 0 Å². The van der Waals surface area contributed by atoms with Gasteiger partial charge in [-0.2, -0.15) is 0 Å². The molecule has 3 aromatic carbocycles. The second-order valence-electron chi connectivity index (χ2n) is 6.50. The number of benzene rings is 3. The van der Waals surface area contributed by atoms with E-state index in [2.05, 4.69) is 10.3 Å². The molecule has 4 aromatic rings. The number of carbonyl (C=O) groups is 1. The third-order valence-corrected chi connectivity index (χ3v) is 4.46. The normalized spacial score (nSPS) is 11.9. The van der Waals surface area contributed by atoms with Crippen molar-refractivity contribution in [2.45, 2.75) is 19.4 Å². The van der Waals surface area contributed by atoms with Gasteiger partial charge in [0.1, 0.15) is 5.52 Å². The van der Waals surface area contributed by atoms with E-state index in [1.54, 1.807) is 31.2 Å². The van der Waals surface area contributed by atoms with Gasteiger partial charge in [-0.25, -0.2) is 9.37 Å². The van der Waals surface area contributed by atoms with Crippen molar-refractivity contribution in [1.29, 1.82) is 0 Å². The minimum Gasteiger partial charge on any atom is -0.478 e. The number of ether oxygens (including phenoxy) is 1. The molecule has 0 aliphatic carbocycles. The Labute approximate surface area is 167 Å². The van der Waals surface area contributed by atoms with E-state index in [-0.39, 0.29) is 11.7 Å². The third kappa shape index (κ3) is 4.11. The highest BCUT2D eigenvalue weighted by molar-refractivity contribution is 5.94. The number of hydrogen-bond acceptors (Lipinski definition) is 4. The SMILES string of the molecule is CC[C@@H](Oc1ccccc1F)C(=O)Nc1ccc(-c2nc3ccccc3o2)cc1. The minimum atomic E-state index is -0.802. The number of para-hydroxylation sites is 3. The fourth-order valence-corrected chi connectivity index (χ4v) is 2.93. The van der Waals surface area contributed by atoms with Gasteiger partial charge in [0.2, 0.25) is 5.89 Å². The fourth-order valence-electron chi connectivity index (χ4n) is 2.93. The van der Waals surface area contributed by atoms with Crippen LogP contribution in [0.4, 0.5) is 10.1 Å². The highest BCUT2D eigenvalue weighted by Gasteiger charge is 2.20. The number of anilines is 1. The van der Waals surface area contributed by atoms with Gasteiger partial charge in [0.25, 0.3) is 5.91 Å². The van der Waals surface area contributed by atoms with E-state index < -0.39 is 11.9 Å². The first-order valence-electron chi connectivity index (χ1n) is 9.32. The van der Waals surface area contributed by atoms with Gasteiger partial charge in [0, 0.05) is 11.3 Å². The molecule has 1 atom stereocenters. The second-order valence-corrected chi connectivity index (χ2v) is 6.50. The van der Waals surface area contributed by atoms with Crippen molar-refractivity contribution < 1.29 is 18.3 Å². The van der Waals surface area contributed by atoms with Crippen LogP contribution in [0.5, 0.6) is 5.75 Å². The zero-order valence-corrected chi connectivity index (χ0v) is 15.8. The first-order chi connectivity index (χ1) is 14.1. The molecular formula is C23H19FN2O3. The molecule has 1 N–H and O–H groups in total. The van der Waals surface area contributed by atoms with Crippen molar-refractivity contribution in [2.24, 2.45) is 0 Å². The number of fused-ring (bicyclic) bond motifs is 1. The maximum Gasteiger partial charge on any atom is 0.265 e. The smallest absolute Gasteiger partial charge is 0.265 e. The van der Waals surface area contributed by atoms with Crippen LogP contribution in [0.2, 0.25) is 0 Å². The summed E-state index contributed by atoms with van der Waals surface area (Å²) < 4.78 is 25.1. The topological polar surface area (TPSA) is 64.4 Å². The van der Waals surface area contributed by atoms with Crippen molar-refractivity contribution in [3.63, 3.8) is 0 Å². The molecule has 0 unspecified atom stereocenters. The lowest BCUT2D eigenvalue weighted by Gasteiger charge is -2.17. The summed E-state index contributed by atoms with van der Waals surface area (Å²) in [4.78, 5) is 17.0. The number of rotatable bonds is 6. The van der Waals surface area contributed by atoms with E-state index in [0.29, 0.717) is 18.0 Å². The molecule has 5 nitrogen and oxygen atoms in total. The molecule has 0 spiro atoms. The standard InChI is InChI=1S/C23H19FN2O3/c1-2-19(28-20-9-5-3-7-17(20)24)22(27)25-16-13-11-15(12-14-16)23-26-18-8-4-6-10-21(18)29-23/h3-14,19H,2H2,1H3,(H,25,27)/t19-/m1/s1. The lowest BCUT2D eigenvalue weighted by Crippen LogP contribution is -2.32. The molecule has 0 aliphatic heterocycles. The van der Waals surface area contributed by atoms with Crippen molar-refractivity contribution in [3.05, 3.63) is 78.6 Å². The predicted octanol–water partition coefficient (Wildman–Crippen LogP) is 5.43. The van der Waals surface area contributed by atoms with Crippen LogP contribution in [-0.2, 0) is 4.79 Å². The number of halogens is 1. The molecule has 1 aromatic heterocycles. The summed E-state index contributed by atoms with van der Waals surface area (Å²) in [6, 6.07) is 20.7.